The first-order valence-electron chi connectivity index (χ1n) is 8.72. The van der Waals surface area contributed by atoms with Gasteiger partial charge in [0.1, 0.15) is 17.5 Å². The minimum atomic E-state index is -0.467. The number of rotatable bonds is 5. The first kappa shape index (κ1) is 18.5. The van der Waals surface area contributed by atoms with Gasteiger partial charge in [0.05, 0.1) is 11.9 Å². The summed E-state index contributed by atoms with van der Waals surface area (Å²) in [6.07, 6.45) is 6.34. The molecule has 4 N–H and O–H groups in total. The number of hydrogen-bond acceptors (Lipinski definition) is 7. The maximum atomic E-state index is 12.0. The summed E-state index contributed by atoms with van der Waals surface area (Å²) in [4.78, 5) is 31.9. The first-order chi connectivity index (χ1) is 12.5. The summed E-state index contributed by atoms with van der Waals surface area (Å²) in [6, 6.07) is 1.47. The minimum Gasteiger partial charge on any atom is -0.382 e. The van der Waals surface area contributed by atoms with E-state index in [4.69, 9.17) is 11.0 Å². The Hall–Kier alpha value is -2.34. The van der Waals surface area contributed by atoms with Crippen LogP contribution in [-0.2, 0) is 4.79 Å². The topological polar surface area (TPSA) is 134 Å². The van der Waals surface area contributed by atoms with Crippen LogP contribution in [0.4, 0.5) is 10.6 Å². The maximum absolute atomic E-state index is 12.0. The second kappa shape index (κ2) is 7.91. The molecular formula is C17H22N6O2S. The van der Waals surface area contributed by atoms with Crippen molar-refractivity contribution in [2.75, 3.05) is 11.5 Å². The van der Waals surface area contributed by atoms with E-state index in [9.17, 15) is 9.59 Å². The number of nitrogens with zero attached hydrogens (tertiary/aromatic N) is 3. The zero-order valence-corrected chi connectivity index (χ0v) is 15.4. The van der Waals surface area contributed by atoms with E-state index in [1.807, 2.05) is 13.0 Å². The normalized spacial score (nSPS) is 24.7. The molecular weight excluding hydrogens is 352 g/mol. The number of fused-ring (bicyclic) bond motifs is 2. The molecule has 9 heteroatoms. The van der Waals surface area contributed by atoms with Crippen molar-refractivity contribution in [3.05, 3.63) is 11.8 Å². The van der Waals surface area contributed by atoms with E-state index in [1.54, 1.807) is 0 Å². The highest BCUT2D eigenvalue weighted by Crippen LogP contribution is 2.49. The van der Waals surface area contributed by atoms with Crippen molar-refractivity contribution in [3.63, 3.8) is 0 Å². The zero-order chi connectivity index (χ0) is 18.7. The third-order valence-corrected chi connectivity index (χ3v) is 6.16. The molecule has 4 atom stereocenters. The summed E-state index contributed by atoms with van der Waals surface area (Å²) in [5, 5.41) is 14.3. The van der Waals surface area contributed by atoms with Crippen molar-refractivity contribution < 1.29 is 9.59 Å². The van der Waals surface area contributed by atoms with Gasteiger partial charge in [-0.25, -0.2) is 14.8 Å². The van der Waals surface area contributed by atoms with Crippen molar-refractivity contribution >= 4 is 29.5 Å². The molecule has 2 saturated carbocycles. The van der Waals surface area contributed by atoms with Crippen LogP contribution in [0.2, 0.25) is 0 Å². The SMILES string of the molecule is C[C@H](NC(=O)NC(=O)CSc1ncc(C#N)c(N)n1)[C@@H]1C[C@H]2CC[C@H]1C2. The number of nitrogens with one attached hydrogen (secondary N) is 2. The Bertz CT molecular complexity index is 749. The smallest absolute Gasteiger partial charge is 0.321 e. The number of aromatic nitrogens is 2. The van der Waals surface area contributed by atoms with Gasteiger partial charge in [-0.1, -0.05) is 18.2 Å². The summed E-state index contributed by atoms with van der Waals surface area (Å²) in [5.74, 6) is 1.66. The van der Waals surface area contributed by atoms with Gasteiger partial charge < -0.3 is 11.1 Å². The van der Waals surface area contributed by atoms with Gasteiger partial charge in [-0.05, 0) is 43.9 Å². The Morgan fingerprint density at radius 3 is 2.88 bits per heavy atom. The Kier molecular flexibility index (Phi) is 5.61. The summed E-state index contributed by atoms with van der Waals surface area (Å²) >= 11 is 1.05. The largest absolute Gasteiger partial charge is 0.382 e. The van der Waals surface area contributed by atoms with Gasteiger partial charge in [0.25, 0.3) is 0 Å². The number of nitrogens with two attached hydrogens (primary N) is 1. The summed E-state index contributed by atoms with van der Waals surface area (Å²) in [7, 11) is 0. The molecule has 138 valence electrons. The molecule has 8 nitrogen and oxygen atoms in total. The summed E-state index contributed by atoms with van der Waals surface area (Å²) < 4.78 is 0. The average molecular weight is 374 g/mol. The molecule has 2 aliphatic rings. The lowest BCUT2D eigenvalue weighted by Crippen LogP contribution is -2.47. The van der Waals surface area contributed by atoms with Crippen LogP contribution < -0.4 is 16.4 Å². The van der Waals surface area contributed by atoms with E-state index in [2.05, 4.69) is 20.6 Å². The molecule has 0 spiro atoms. The second-order valence-corrected chi connectivity index (χ2v) is 7.94. The summed E-state index contributed by atoms with van der Waals surface area (Å²) in [5.41, 5.74) is 5.80. The van der Waals surface area contributed by atoms with Crippen LogP contribution in [0.1, 0.15) is 38.2 Å². The molecule has 1 aromatic rings. The van der Waals surface area contributed by atoms with Crippen LogP contribution in [0.5, 0.6) is 0 Å². The van der Waals surface area contributed by atoms with E-state index in [0.717, 1.165) is 17.7 Å². The molecule has 2 aliphatic carbocycles. The number of carbonyl (C=O) groups excluding carboxylic acids is 2. The first-order valence-corrected chi connectivity index (χ1v) is 9.70. The van der Waals surface area contributed by atoms with E-state index in [1.165, 1.54) is 31.9 Å². The highest BCUT2D eigenvalue weighted by atomic mass is 32.2. The fourth-order valence-electron chi connectivity index (χ4n) is 4.08. The highest BCUT2D eigenvalue weighted by Gasteiger charge is 2.42. The van der Waals surface area contributed by atoms with Gasteiger partial charge in [-0.2, -0.15) is 5.26 Å². The molecule has 0 unspecified atom stereocenters. The standard InChI is InChI=1S/C17H22N6O2S/c1-9(13-5-10-2-3-11(13)4-10)21-16(25)22-14(24)8-26-17-20-7-12(6-18)15(19)23-17/h7,9-11,13H,2-5,8H2,1H3,(H2,19,20,23)(H2,21,22,24,25)/t9-,10-,11-,13-/m0/s1. The number of nitriles is 1. The van der Waals surface area contributed by atoms with Gasteiger partial charge in [0.2, 0.25) is 5.91 Å². The fourth-order valence-corrected chi connectivity index (χ4v) is 4.71. The Morgan fingerprint density at radius 1 is 1.46 bits per heavy atom. The van der Waals surface area contributed by atoms with E-state index < -0.39 is 11.9 Å². The number of amides is 3. The third-order valence-electron chi connectivity index (χ3n) is 5.30. The number of urea groups is 1. The van der Waals surface area contributed by atoms with Crippen molar-refractivity contribution in [1.29, 1.82) is 5.26 Å². The van der Waals surface area contributed by atoms with Crippen LogP contribution in [0.3, 0.4) is 0 Å². The van der Waals surface area contributed by atoms with Gasteiger partial charge in [0.15, 0.2) is 5.16 Å². The molecule has 3 rings (SSSR count). The van der Waals surface area contributed by atoms with Crippen LogP contribution in [0, 0.1) is 29.1 Å². The van der Waals surface area contributed by atoms with E-state index in [0.29, 0.717) is 11.8 Å². The number of anilines is 1. The minimum absolute atomic E-state index is 0.0126. The van der Waals surface area contributed by atoms with Crippen molar-refractivity contribution in [2.24, 2.45) is 17.8 Å². The lowest BCUT2D eigenvalue weighted by molar-refractivity contribution is -0.117. The number of imide groups is 1. The van der Waals surface area contributed by atoms with Crippen molar-refractivity contribution in [3.8, 4) is 6.07 Å². The number of hydrogen-bond donors (Lipinski definition) is 3. The maximum Gasteiger partial charge on any atom is 0.321 e. The lowest BCUT2D eigenvalue weighted by atomic mass is 9.84. The molecule has 0 aliphatic heterocycles. The highest BCUT2D eigenvalue weighted by molar-refractivity contribution is 7.99. The molecule has 0 aromatic carbocycles. The van der Waals surface area contributed by atoms with Gasteiger partial charge in [-0.15, -0.1) is 0 Å². The fraction of sp³-hybridized carbons (Fsp3) is 0.588. The van der Waals surface area contributed by atoms with Crippen molar-refractivity contribution in [2.45, 2.75) is 43.8 Å². The average Bonchev–Trinajstić information content (AvgIpc) is 3.23. The quantitative estimate of drug-likeness (QED) is 0.527. The molecule has 2 fully saturated rings. The van der Waals surface area contributed by atoms with Crippen molar-refractivity contribution in [1.82, 2.24) is 20.6 Å². The van der Waals surface area contributed by atoms with Crippen LogP contribution in [-0.4, -0.2) is 33.7 Å². The third kappa shape index (κ3) is 4.25. The van der Waals surface area contributed by atoms with E-state index in [-0.39, 0.29) is 28.3 Å². The molecule has 0 radical (unpaired) electrons. The lowest BCUT2D eigenvalue weighted by Gasteiger charge is -2.28. The van der Waals surface area contributed by atoms with Crippen LogP contribution in [0.25, 0.3) is 0 Å². The predicted molar refractivity (Wildman–Crippen MR) is 97.0 cm³/mol. The van der Waals surface area contributed by atoms with Gasteiger partial charge in [-0.3, -0.25) is 10.1 Å². The Balaban J connectivity index is 1.42. The number of thioether (sulfide) groups is 1. The molecule has 1 heterocycles. The second-order valence-electron chi connectivity index (χ2n) is 7.00. The van der Waals surface area contributed by atoms with E-state index >= 15 is 0 Å². The molecule has 1 aromatic heterocycles. The molecule has 3 amide bonds. The summed E-state index contributed by atoms with van der Waals surface area (Å²) in [6.45, 7) is 2.01. The van der Waals surface area contributed by atoms with Gasteiger partial charge >= 0.3 is 6.03 Å². The Morgan fingerprint density at radius 2 is 2.27 bits per heavy atom. The van der Waals surface area contributed by atoms with Crippen LogP contribution >= 0.6 is 11.8 Å². The Labute approximate surface area is 156 Å². The molecule has 0 saturated heterocycles. The molecule has 2 bridgehead atoms. The molecule has 26 heavy (non-hydrogen) atoms. The number of carbonyl (C=O) groups is 2. The monoisotopic (exact) mass is 374 g/mol. The number of nitrogen functional groups attached to an aromatic ring is 1. The predicted octanol–water partition coefficient (Wildman–Crippen LogP) is 1.67. The zero-order valence-electron chi connectivity index (χ0n) is 14.6. The van der Waals surface area contributed by atoms with Crippen LogP contribution in [0.15, 0.2) is 11.4 Å². The van der Waals surface area contributed by atoms with Gasteiger partial charge in [0, 0.05) is 6.04 Å².